The van der Waals surface area contributed by atoms with Crippen molar-refractivity contribution in [3.05, 3.63) is 0 Å². The topological polar surface area (TPSA) is 69.6 Å². The van der Waals surface area contributed by atoms with Crippen LogP contribution >= 0.6 is 0 Å². The molecule has 5 nitrogen and oxygen atoms in total. The van der Waals surface area contributed by atoms with E-state index in [2.05, 4.69) is 5.32 Å². The highest BCUT2D eigenvalue weighted by Crippen LogP contribution is 1.96. The summed E-state index contributed by atoms with van der Waals surface area (Å²) in [5.41, 5.74) is 0. The van der Waals surface area contributed by atoms with Gasteiger partial charge in [-0.15, -0.1) is 0 Å². The van der Waals surface area contributed by atoms with Gasteiger partial charge in [0.05, 0.1) is 0 Å². The minimum Gasteiger partial charge on any atom is -0.396 e. The number of aliphatic hydroxyl groups is 1. The van der Waals surface area contributed by atoms with Crippen LogP contribution < -0.4 is 5.32 Å². The minimum absolute atomic E-state index is 0.0233. The van der Waals surface area contributed by atoms with Crippen LogP contribution in [-0.2, 0) is 4.79 Å². The maximum atomic E-state index is 11.2. The third kappa shape index (κ3) is 3.89. The van der Waals surface area contributed by atoms with E-state index in [-0.39, 0.29) is 19.1 Å². The van der Waals surface area contributed by atoms with Crippen molar-refractivity contribution >= 4 is 11.9 Å². The molecule has 0 fully saturated rings. The smallest absolute Gasteiger partial charge is 0.323 e. The Kier molecular flexibility index (Phi) is 5.88. The molecule has 0 heterocycles. The van der Waals surface area contributed by atoms with Gasteiger partial charge in [0, 0.05) is 26.6 Å². The lowest BCUT2D eigenvalue weighted by Gasteiger charge is -2.18. The fraction of sp³-hybridized carbons (Fsp3) is 0.750. The molecule has 0 aliphatic heterocycles. The van der Waals surface area contributed by atoms with Gasteiger partial charge in [0.2, 0.25) is 5.91 Å². The summed E-state index contributed by atoms with van der Waals surface area (Å²) in [5.74, 6) is -0.229. The van der Waals surface area contributed by atoms with Crippen molar-refractivity contribution in [2.24, 2.45) is 0 Å². The van der Waals surface area contributed by atoms with Gasteiger partial charge in [-0.1, -0.05) is 6.92 Å². The fourth-order valence-electron chi connectivity index (χ4n) is 0.894. The number of urea groups is 1. The summed E-state index contributed by atoms with van der Waals surface area (Å²) in [4.78, 5) is 23.4. The molecule has 0 bridgehead atoms. The summed E-state index contributed by atoms with van der Waals surface area (Å²) >= 11 is 0. The second-order valence-electron chi connectivity index (χ2n) is 2.53. The zero-order valence-corrected chi connectivity index (χ0v) is 8.04. The van der Waals surface area contributed by atoms with Crippen LogP contribution in [0.2, 0.25) is 0 Å². The van der Waals surface area contributed by atoms with E-state index in [0.29, 0.717) is 12.8 Å². The van der Waals surface area contributed by atoms with Crippen molar-refractivity contribution in [3.63, 3.8) is 0 Å². The number of carbonyl (C=O) groups is 2. The highest BCUT2D eigenvalue weighted by Gasteiger charge is 2.17. The third-order valence-electron chi connectivity index (χ3n) is 1.60. The van der Waals surface area contributed by atoms with E-state index in [1.807, 2.05) is 0 Å². The molecule has 0 rings (SSSR count). The molecule has 0 aromatic carbocycles. The van der Waals surface area contributed by atoms with Gasteiger partial charge < -0.3 is 10.4 Å². The van der Waals surface area contributed by atoms with Crippen LogP contribution in [0.1, 0.15) is 19.8 Å². The molecule has 0 aliphatic rings. The van der Waals surface area contributed by atoms with E-state index >= 15 is 0 Å². The molecule has 0 saturated heterocycles. The van der Waals surface area contributed by atoms with Crippen molar-refractivity contribution in [3.8, 4) is 0 Å². The van der Waals surface area contributed by atoms with Crippen molar-refractivity contribution < 1.29 is 14.7 Å². The lowest BCUT2D eigenvalue weighted by molar-refractivity contribution is -0.128. The summed E-state index contributed by atoms with van der Waals surface area (Å²) in [7, 11) is 1.47. The van der Waals surface area contributed by atoms with Gasteiger partial charge in [0.15, 0.2) is 0 Å². The highest BCUT2D eigenvalue weighted by atomic mass is 16.3. The van der Waals surface area contributed by atoms with E-state index in [0.717, 1.165) is 4.90 Å². The van der Waals surface area contributed by atoms with E-state index in [1.54, 1.807) is 6.92 Å². The Morgan fingerprint density at radius 3 is 2.46 bits per heavy atom. The zero-order valence-electron chi connectivity index (χ0n) is 8.04. The van der Waals surface area contributed by atoms with Crippen LogP contribution in [0.3, 0.4) is 0 Å². The summed E-state index contributed by atoms with van der Waals surface area (Å²) in [6, 6.07) is -0.416. The van der Waals surface area contributed by atoms with Crippen LogP contribution in [-0.4, -0.2) is 42.1 Å². The molecule has 0 spiro atoms. The second kappa shape index (κ2) is 6.42. The van der Waals surface area contributed by atoms with Crippen LogP contribution in [0.25, 0.3) is 0 Å². The monoisotopic (exact) mass is 188 g/mol. The van der Waals surface area contributed by atoms with Crippen molar-refractivity contribution in [1.82, 2.24) is 10.2 Å². The van der Waals surface area contributed by atoms with Gasteiger partial charge in [0.25, 0.3) is 0 Å². The van der Waals surface area contributed by atoms with Crippen molar-refractivity contribution in [2.75, 3.05) is 20.2 Å². The average Bonchev–Trinajstić information content (AvgIpc) is 2.17. The Bertz CT molecular complexity index is 166. The van der Waals surface area contributed by atoms with E-state index in [1.165, 1.54) is 7.05 Å². The number of amides is 3. The van der Waals surface area contributed by atoms with E-state index < -0.39 is 6.03 Å². The van der Waals surface area contributed by atoms with Gasteiger partial charge in [-0.3, -0.25) is 9.69 Å². The molecule has 5 heteroatoms. The minimum atomic E-state index is -0.416. The van der Waals surface area contributed by atoms with Gasteiger partial charge in [0.1, 0.15) is 0 Å². The number of nitrogens with zero attached hydrogens (tertiary/aromatic N) is 1. The predicted octanol–water partition coefficient (Wildman–Crippen LogP) is -0.0532. The maximum absolute atomic E-state index is 11.2. The molecule has 0 radical (unpaired) electrons. The van der Waals surface area contributed by atoms with Crippen molar-refractivity contribution in [1.29, 1.82) is 0 Å². The summed E-state index contributed by atoms with van der Waals surface area (Å²) in [6.45, 7) is 1.94. The normalized spacial score (nSPS) is 9.46. The lowest BCUT2D eigenvalue weighted by atomic mass is 10.3. The Hall–Kier alpha value is -1.10. The number of carbonyl (C=O) groups excluding carboxylic acids is 2. The Morgan fingerprint density at radius 2 is 2.08 bits per heavy atom. The first-order chi connectivity index (χ1) is 6.17. The number of nitrogens with one attached hydrogen (secondary N) is 1. The maximum Gasteiger partial charge on any atom is 0.323 e. The number of hydrogen-bond acceptors (Lipinski definition) is 3. The Morgan fingerprint density at radius 1 is 1.46 bits per heavy atom. The molecule has 76 valence electrons. The first kappa shape index (κ1) is 11.9. The molecule has 0 atom stereocenters. The standard InChI is InChI=1S/C8H16N2O3/c1-3-7(12)10(5-4-6-11)8(13)9-2/h11H,3-6H2,1-2H3,(H,9,13). The van der Waals surface area contributed by atoms with Gasteiger partial charge >= 0.3 is 6.03 Å². The third-order valence-corrected chi connectivity index (χ3v) is 1.60. The number of imide groups is 1. The van der Waals surface area contributed by atoms with Crippen LogP contribution in [0, 0.1) is 0 Å². The molecule has 0 aromatic heterocycles. The molecule has 0 saturated carbocycles. The van der Waals surface area contributed by atoms with Gasteiger partial charge in [-0.25, -0.2) is 4.79 Å². The first-order valence-corrected chi connectivity index (χ1v) is 4.30. The lowest BCUT2D eigenvalue weighted by Crippen LogP contribution is -2.42. The van der Waals surface area contributed by atoms with Crippen LogP contribution in [0.15, 0.2) is 0 Å². The Labute approximate surface area is 77.7 Å². The van der Waals surface area contributed by atoms with E-state index in [4.69, 9.17) is 5.11 Å². The van der Waals surface area contributed by atoms with Crippen molar-refractivity contribution in [2.45, 2.75) is 19.8 Å². The first-order valence-electron chi connectivity index (χ1n) is 4.30. The fourth-order valence-corrected chi connectivity index (χ4v) is 0.894. The van der Waals surface area contributed by atoms with Crippen LogP contribution in [0.5, 0.6) is 0 Å². The number of hydrogen-bond donors (Lipinski definition) is 2. The molecule has 13 heavy (non-hydrogen) atoms. The average molecular weight is 188 g/mol. The largest absolute Gasteiger partial charge is 0.396 e. The SMILES string of the molecule is CCC(=O)N(CCCO)C(=O)NC. The molecule has 2 N–H and O–H groups in total. The quantitative estimate of drug-likeness (QED) is 0.649. The zero-order chi connectivity index (χ0) is 10.3. The molecule has 0 aromatic rings. The van der Waals surface area contributed by atoms with E-state index in [9.17, 15) is 9.59 Å². The summed E-state index contributed by atoms with van der Waals surface area (Å²) < 4.78 is 0. The molecule has 0 aliphatic carbocycles. The second-order valence-corrected chi connectivity index (χ2v) is 2.53. The van der Waals surface area contributed by atoms with Crippen LogP contribution in [0.4, 0.5) is 4.79 Å². The predicted molar refractivity (Wildman–Crippen MR) is 48.2 cm³/mol. The van der Waals surface area contributed by atoms with Gasteiger partial charge in [-0.2, -0.15) is 0 Å². The molecule has 3 amide bonds. The highest BCUT2D eigenvalue weighted by molar-refractivity contribution is 5.94. The summed E-state index contributed by atoms with van der Waals surface area (Å²) in [5, 5.41) is 10.9. The molecular weight excluding hydrogens is 172 g/mol. The van der Waals surface area contributed by atoms with Gasteiger partial charge in [-0.05, 0) is 6.42 Å². The summed E-state index contributed by atoms with van der Waals surface area (Å²) in [6.07, 6.45) is 0.706. The number of rotatable bonds is 4. The molecular formula is C8H16N2O3. The molecule has 0 unspecified atom stereocenters. The Balaban J connectivity index is 4.18. The number of aliphatic hydroxyl groups excluding tert-OH is 1.